The van der Waals surface area contributed by atoms with Gasteiger partial charge in [-0.25, -0.2) is 4.79 Å². The zero-order valence-electron chi connectivity index (χ0n) is 15.8. The topological polar surface area (TPSA) is 95.2 Å². The van der Waals surface area contributed by atoms with Crippen LogP contribution in [-0.4, -0.2) is 30.9 Å². The van der Waals surface area contributed by atoms with E-state index in [0.717, 1.165) is 25.7 Å². The van der Waals surface area contributed by atoms with Gasteiger partial charge in [0.05, 0.1) is 25.2 Å². The van der Waals surface area contributed by atoms with Gasteiger partial charge in [0.15, 0.2) is 5.75 Å². The summed E-state index contributed by atoms with van der Waals surface area (Å²) in [5.74, 6) is -0.227. The Balaban J connectivity index is 2.01. The predicted molar refractivity (Wildman–Crippen MR) is 101 cm³/mol. The lowest BCUT2D eigenvalue weighted by Crippen LogP contribution is -2.09. The fourth-order valence-corrected chi connectivity index (χ4v) is 2.53. The Morgan fingerprint density at radius 3 is 2.59 bits per heavy atom. The molecule has 1 aromatic carbocycles. The standard InChI is InChI=1S/C20H26O7/c1-3-4-5-6-10-26-19-18(22)16-9-8-15(13-17(16)27-20(19)23)25-12-7-11-24-14(2)21/h8-9,13,22H,3-7,10-12H2,1-2H3. The van der Waals surface area contributed by atoms with Gasteiger partial charge in [0.1, 0.15) is 11.3 Å². The molecule has 0 saturated heterocycles. The van der Waals surface area contributed by atoms with Gasteiger partial charge in [-0.3, -0.25) is 4.79 Å². The molecule has 0 amide bonds. The van der Waals surface area contributed by atoms with Crippen molar-refractivity contribution in [3.8, 4) is 17.2 Å². The molecule has 7 nitrogen and oxygen atoms in total. The second kappa shape index (κ2) is 10.4. The number of aromatic hydroxyl groups is 1. The number of fused-ring (bicyclic) bond motifs is 1. The Kier molecular flexibility index (Phi) is 7.98. The number of ether oxygens (including phenoxy) is 3. The van der Waals surface area contributed by atoms with Crippen molar-refractivity contribution in [1.82, 2.24) is 0 Å². The summed E-state index contributed by atoms with van der Waals surface area (Å²) in [4.78, 5) is 22.8. The molecule has 0 atom stereocenters. The Hall–Kier alpha value is -2.70. The van der Waals surface area contributed by atoms with E-state index in [4.69, 9.17) is 18.6 Å². The van der Waals surface area contributed by atoms with Gasteiger partial charge in [0.25, 0.3) is 0 Å². The molecule has 1 N–H and O–H groups in total. The quantitative estimate of drug-likeness (QED) is 0.361. The fourth-order valence-electron chi connectivity index (χ4n) is 2.53. The van der Waals surface area contributed by atoms with E-state index in [1.165, 1.54) is 13.0 Å². The molecule has 2 rings (SSSR count). The van der Waals surface area contributed by atoms with Crippen molar-refractivity contribution in [2.45, 2.75) is 46.0 Å². The number of hydrogen-bond donors (Lipinski definition) is 1. The first-order valence-corrected chi connectivity index (χ1v) is 9.21. The van der Waals surface area contributed by atoms with Crippen LogP contribution in [0.3, 0.4) is 0 Å². The molecule has 0 aliphatic heterocycles. The maximum Gasteiger partial charge on any atom is 0.383 e. The van der Waals surface area contributed by atoms with Gasteiger partial charge in [-0.15, -0.1) is 0 Å². The molecule has 0 fully saturated rings. The normalized spacial score (nSPS) is 10.7. The molecule has 0 aliphatic carbocycles. The molecule has 0 saturated carbocycles. The molecule has 27 heavy (non-hydrogen) atoms. The van der Waals surface area contributed by atoms with Crippen molar-refractivity contribution in [2.24, 2.45) is 0 Å². The van der Waals surface area contributed by atoms with E-state index in [0.29, 0.717) is 30.8 Å². The van der Waals surface area contributed by atoms with Crippen LogP contribution in [0.15, 0.2) is 27.4 Å². The number of unbranched alkanes of at least 4 members (excludes halogenated alkanes) is 3. The van der Waals surface area contributed by atoms with Gasteiger partial charge in [0, 0.05) is 19.4 Å². The first-order chi connectivity index (χ1) is 13.0. The Morgan fingerprint density at radius 1 is 1.07 bits per heavy atom. The van der Waals surface area contributed by atoms with Crippen molar-refractivity contribution in [2.75, 3.05) is 19.8 Å². The molecule has 7 heteroatoms. The molecule has 148 valence electrons. The van der Waals surface area contributed by atoms with Crippen LogP contribution in [-0.2, 0) is 9.53 Å². The van der Waals surface area contributed by atoms with Crippen molar-refractivity contribution in [1.29, 1.82) is 0 Å². The maximum absolute atomic E-state index is 12.1. The van der Waals surface area contributed by atoms with Crippen LogP contribution in [0, 0.1) is 0 Å². The molecule has 0 aliphatic rings. The summed E-state index contributed by atoms with van der Waals surface area (Å²) in [5, 5.41) is 10.7. The van der Waals surface area contributed by atoms with E-state index < -0.39 is 5.63 Å². The molecule has 1 aromatic heterocycles. The Labute approximate surface area is 157 Å². The van der Waals surface area contributed by atoms with Crippen LogP contribution >= 0.6 is 0 Å². The van der Waals surface area contributed by atoms with Crippen LogP contribution in [0.5, 0.6) is 17.2 Å². The van der Waals surface area contributed by atoms with Gasteiger partial charge in [-0.1, -0.05) is 26.2 Å². The predicted octanol–water partition coefficient (Wildman–Crippen LogP) is 3.79. The summed E-state index contributed by atoms with van der Waals surface area (Å²) in [6, 6.07) is 4.81. The average Bonchev–Trinajstić information content (AvgIpc) is 2.63. The highest BCUT2D eigenvalue weighted by Gasteiger charge is 2.16. The summed E-state index contributed by atoms with van der Waals surface area (Å²) < 4.78 is 21.1. The number of esters is 1. The van der Waals surface area contributed by atoms with E-state index in [9.17, 15) is 14.7 Å². The van der Waals surface area contributed by atoms with Gasteiger partial charge in [0.2, 0.25) is 5.75 Å². The smallest absolute Gasteiger partial charge is 0.383 e. The third kappa shape index (κ3) is 6.20. The van der Waals surface area contributed by atoms with Crippen LogP contribution in [0.2, 0.25) is 0 Å². The third-order valence-electron chi connectivity index (χ3n) is 3.92. The third-order valence-corrected chi connectivity index (χ3v) is 3.92. The van der Waals surface area contributed by atoms with Crippen LogP contribution < -0.4 is 15.1 Å². The molecule has 1 heterocycles. The van der Waals surface area contributed by atoms with E-state index in [2.05, 4.69) is 6.92 Å². The lowest BCUT2D eigenvalue weighted by atomic mass is 10.2. The van der Waals surface area contributed by atoms with E-state index in [-0.39, 0.29) is 29.7 Å². The van der Waals surface area contributed by atoms with E-state index >= 15 is 0 Å². The first kappa shape index (κ1) is 20.6. The number of carbonyl (C=O) groups excluding carboxylic acids is 1. The lowest BCUT2D eigenvalue weighted by molar-refractivity contribution is -0.141. The van der Waals surface area contributed by atoms with E-state index in [1.807, 2.05) is 0 Å². The summed E-state index contributed by atoms with van der Waals surface area (Å²) in [7, 11) is 0. The molecule has 0 radical (unpaired) electrons. The van der Waals surface area contributed by atoms with Gasteiger partial charge < -0.3 is 23.7 Å². The first-order valence-electron chi connectivity index (χ1n) is 9.21. The SMILES string of the molecule is CCCCCCOc1c(O)c2ccc(OCCCOC(C)=O)cc2oc1=O. The van der Waals surface area contributed by atoms with Gasteiger partial charge in [-0.05, 0) is 18.6 Å². The van der Waals surface area contributed by atoms with Crippen molar-refractivity contribution in [3.05, 3.63) is 28.6 Å². The minimum atomic E-state index is -0.720. The lowest BCUT2D eigenvalue weighted by Gasteiger charge is -2.10. The molecule has 2 aromatic rings. The molecule has 0 unspecified atom stereocenters. The fraction of sp³-hybridized carbons (Fsp3) is 0.500. The monoisotopic (exact) mass is 378 g/mol. The number of hydrogen-bond acceptors (Lipinski definition) is 7. The number of carbonyl (C=O) groups is 1. The number of rotatable bonds is 11. The minimum absolute atomic E-state index is 0.158. The van der Waals surface area contributed by atoms with Crippen LogP contribution in [0.4, 0.5) is 0 Å². The number of benzene rings is 1. The molecule has 0 bridgehead atoms. The van der Waals surface area contributed by atoms with Crippen LogP contribution in [0.1, 0.15) is 46.0 Å². The van der Waals surface area contributed by atoms with Gasteiger partial charge >= 0.3 is 11.6 Å². The zero-order valence-corrected chi connectivity index (χ0v) is 15.8. The highest BCUT2D eigenvalue weighted by atomic mass is 16.5. The largest absolute Gasteiger partial charge is 0.504 e. The minimum Gasteiger partial charge on any atom is -0.504 e. The zero-order chi connectivity index (χ0) is 19.6. The van der Waals surface area contributed by atoms with Crippen molar-refractivity contribution < 1.29 is 28.5 Å². The van der Waals surface area contributed by atoms with Crippen LogP contribution in [0.25, 0.3) is 11.0 Å². The highest BCUT2D eigenvalue weighted by Crippen LogP contribution is 2.33. The maximum atomic E-state index is 12.1. The summed E-state index contributed by atoms with van der Waals surface area (Å²) in [5.41, 5.74) is -0.504. The Bertz CT molecular complexity index is 810. The second-order valence-corrected chi connectivity index (χ2v) is 6.18. The average molecular weight is 378 g/mol. The van der Waals surface area contributed by atoms with Crippen molar-refractivity contribution >= 4 is 16.9 Å². The molecule has 0 spiro atoms. The highest BCUT2D eigenvalue weighted by molar-refractivity contribution is 5.86. The van der Waals surface area contributed by atoms with Gasteiger partial charge in [-0.2, -0.15) is 0 Å². The summed E-state index contributed by atoms with van der Waals surface area (Å²) >= 11 is 0. The molecular formula is C20H26O7. The summed E-state index contributed by atoms with van der Waals surface area (Å²) in [6.45, 7) is 4.43. The Morgan fingerprint density at radius 2 is 1.85 bits per heavy atom. The molecular weight excluding hydrogens is 352 g/mol. The van der Waals surface area contributed by atoms with Crippen molar-refractivity contribution in [3.63, 3.8) is 0 Å². The summed E-state index contributed by atoms with van der Waals surface area (Å²) in [6.07, 6.45) is 4.57. The second-order valence-electron chi connectivity index (χ2n) is 6.18. The van der Waals surface area contributed by atoms with E-state index in [1.54, 1.807) is 12.1 Å².